The molecule has 35 heavy (non-hydrogen) atoms. The number of aromatic amines is 1. The fraction of sp³-hybridized carbons (Fsp3) is 0.440. The van der Waals surface area contributed by atoms with Gasteiger partial charge in [0.25, 0.3) is 5.56 Å². The Bertz CT molecular complexity index is 1420. The Morgan fingerprint density at radius 3 is 3.00 bits per heavy atom. The van der Waals surface area contributed by atoms with Crippen LogP contribution in [0.15, 0.2) is 29.1 Å². The van der Waals surface area contributed by atoms with Gasteiger partial charge in [-0.2, -0.15) is 11.8 Å². The monoisotopic (exact) mass is 510 g/mol. The second-order valence-corrected chi connectivity index (χ2v) is 11.8. The van der Waals surface area contributed by atoms with Crippen molar-refractivity contribution in [3.8, 4) is 5.75 Å². The highest BCUT2D eigenvalue weighted by molar-refractivity contribution is 7.98. The van der Waals surface area contributed by atoms with Gasteiger partial charge >= 0.3 is 0 Å². The maximum absolute atomic E-state index is 13.4. The molecule has 182 valence electrons. The van der Waals surface area contributed by atoms with Crippen molar-refractivity contribution in [3.05, 3.63) is 56.4 Å². The number of nitrogens with zero attached hydrogens (tertiary/aromatic N) is 2. The van der Waals surface area contributed by atoms with Gasteiger partial charge in [0, 0.05) is 29.5 Å². The Morgan fingerprint density at radius 1 is 1.34 bits per heavy atom. The van der Waals surface area contributed by atoms with Gasteiger partial charge in [-0.1, -0.05) is 18.2 Å². The molecule has 0 spiro atoms. The number of thioether (sulfide) groups is 1. The second kappa shape index (κ2) is 8.37. The van der Waals surface area contributed by atoms with Crippen molar-refractivity contribution < 1.29 is 14.3 Å². The first-order valence-electron chi connectivity index (χ1n) is 11.9. The van der Waals surface area contributed by atoms with Crippen molar-refractivity contribution in [2.24, 2.45) is 11.7 Å². The van der Waals surface area contributed by atoms with E-state index in [4.69, 9.17) is 15.5 Å². The molecule has 2 aliphatic heterocycles. The zero-order chi connectivity index (χ0) is 24.3. The summed E-state index contributed by atoms with van der Waals surface area (Å²) >= 11 is 3.21. The molecule has 2 amide bonds. The zero-order valence-corrected chi connectivity index (χ0v) is 21.0. The molecule has 1 aliphatic carbocycles. The third-order valence-electron chi connectivity index (χ3n) is 7.38. The van der Waals surface area contributed by atoms with Crippen LogP contribution in [-0.2, 0) is 28.2 Å². The predicted molar refractivity (Wildman–Crippen MR) is 136 cm³/mol. The van der Waals surface area contributed by atoms with Gasteiger partial charge in [-0.05, 0) is 43.4 Å². The highest BCUT2D eigenvalue weighted by Gasteiger charge is 2.55. The Kier molecular flexibility index (Phi) is 5.41. The van der Waals surface area contributed by atoms with Crippen molar-refractivity contribution >= 4 is 45.1 Å². The molecular formula is C25H26N4O4S2. The summed E-state index contributed by atoms with van der Waals surface area (Å²) in [5.74, 6) is 0.388. The number of carbonyl (C=O) groups excluding carboxylic acids is 2. The fourth-order valence-electron chi connectivity index (χ4n) is 5.82. The zero-order valence-electron chi connectivity index (χ0n) is 19.3. The molecule has 1 fully saturated rings. The van der Waals surface area contributed by atoms with Crippen molar-refractivity contribution in [2.75, 3.05) is 12.3 Å². The Hall–Kier alpha value is -2.85. The first kappa shape index (κ1) is 22.6. The van der Waals surface area contributed by atoms with Gasteiger partial charge in [-0.25, -0.2) is 4.98 Å². The summed E-state index contributed by atoms with van der Waals surface area (Å²) in [6.45, 7) is 2.30. The number of benzene rings is 1. The fourth-order valence-corrected chi connectivity index (χ4v) is 7.89. The van der Waals surface area contributed by atoms with Gasteiger partial charge in [0.1, 0.15) is 22.3 Å². The summed E-state index contributed by atoms with van der Waals surface area (Å²) in [6.07, 6.45) is 3.61. The molecule has 6 rings (SSSR count). The van der Waals surface area contributed by atoms with E-state index < -0.39 is 17.6 Å². The van der Waals surface area contributed by atoms with Gasteiger partial charge in [0.2, 0.25) is 11.8 Å². The summed E-state index contributed by atoms with van der Waals surface area (Å²) in [7, 11) is 0. The van der Waals surface area contributed by atoms with Crippen LogP contribution in [0.25, 0.3) is 10.2 Å². The van der Waals surface area contributed by atoms with Crippen LogP contribution in [0.4, 0.5) is 0 Å². The average molecular weight is 511 g/mol. The number of primary amides is 1. The van der Waals surface area contributed by atoms with E-state index >= 15 is 0 Å². The van der Waals surface area contributed by atoms with Crippen LogP contribution in [-0.4, -0.2) is 44.7 Å². The minimum absolute atomic E-state index is 0.0617. The Morgan fingerprint density at radius 2 is 2.17 bits per heavy atom. The van der Waals surface area contributed by atoms with Crippen LogP contribution in [0.3, 0.4) is 0 Å². The number of rotatable bonds is 6. The van der Waals surface area contributed by atoms with E-state index in [1.807, 2.05) is 31.2 Å². The molecule has 2 bridgehead atoms. The normalized spacial score (nSPS) is 24.8. The number of piperidine rings is 1. The lowest BCUT2D eigenvalue weighted by molar-refractivity contribution is -0.174. The smallest absolute Gasteiger partial charge is 0.259 e. The number of nitrogens with one attached hydrogen (secondary N) is 1. The molecule has 2 aromatic heterocycles. The number of aromatic nitrogens is 2. The average Bonchev–Trinajstić information content (AvgIpc) is 3.39. The summed E-state index contributed by atoms with van der Waals surface area (Å²) in [4.78, 5) is 49.8. The summed E-state index contributed by atoms with van der Waals surface area (Å²) in [5, 5.41) is 0.755. The van der Waals surface area contributed by atoms with Gasteiger partial charge in [-0.15, -0.1) is 11.3 Å². The number of H-pyrrole nitrogens is 1. The number of para-hydroxylation sites is 1. The van der Waals surface area contributed by atoms with Crippen molar-refractivity contribution in [3.63, 3.8) is 0 Å². The van der Waals surface area contributed by atoms with Gasteiger partial charge < -0.3 is 20.4 Å². The van der Waals surface area contributed by atoms with E-state index in [2.05, 4.69) is 4.98 Å². The quantitative estimate of drug-likeness (QED) is 0.389. The first-order chi connectivity index (χ1) is 16.9. The number of hydrogen-bond donors (Lipinski definition) is 2. The summed E-state index contributed by atoms with van der Waals surface area (Å²) in [5.41, 5.74) is 6.83. The molecule has 1 saturated heterocycles. The van der Waals surface area contributed by atoms with Crippen LogP contribution in [0, 0.1) is 5.92 Å². The van der Waals surface area contributed by atoms with Crippen molar-refractivity contribution in [1.82, 2.24) is 14.9 Å². The number of aryl methyl sites for hydroxylation is 2. The summed E-state index contributed by atoms with van der Waals surface area (Å²) in [6, 6.07) is 7.55. The number of fused-ring (bicyclic) bond motifs is 7. The van der Waals surface area contributed by atoms with E-state index in [0.717, 1.165) is 35.0 Å². The molecular weight excluding hydrogens is 484 g/mol. The van der Waals surface area contributed by atoms with E-state index in [1.54, 1.807) is 28.0 Å². The van der Waals surface area contributed by atoms with E-state index in [9.17, 15) is 14.4 Å². The van der Waals surface area contributed by atoms with E-state index in [0.29, 0.717) is 36.0 Å². The highest BCUT2D eigenvalue weighted by atomic mass is 32.2. The number of carbonyl (C=O) groups is 2. The van der Waals surface area contributed by atoms with Crippen molar-refractivity contribution in [2.45, 2.75) is 50.0 Å². The lowest BCUT2D eigenvalue weighted by atomic mass is 9.73. The van der Waals surface area contributed by atoms with Crippen LogP contribution < -0.4 is 16.0 Å². The first-order valence-corrected chi connectivity index (χ1v) is 13.8. The molecule has 0 radical (unpaired) electrons. The number of hydrogen-bond acceptors (Lipinski definition) is 7. The lowest BCUT2D eigenvalue weighted by Crippen LogP contribution is -2.64. The minimum Gasteiger partial charge on any atom is -0.468 e. The second-order valence-electron chi connectivity index (χ2n) is 9.60. The van der Waals surface area contributed by atoms with Crippen LogP contribution >= 0.6 is 23.1 Å². The molecule has 3 N–H and O–H groups in total. The van der Waals surface area contributed by atoms with Crippen LogP contribution in [0.2, 0.25) is 0 Å². The molecule has 4 heterocycles. The lowest BCUT2D eigenvalue weighted by Gasteiger charge is -2.52. The van der Waals surface area contributed by atoms with Gasteiger partial charge in [0.05, 0.1) is 11.1 Å². The number of thiophene rings is 1. The number of ether oxygens (including phenoxy) is 1. The number of amides is 2. The summed E-state index contributed by atoms with van der Waals surface area (Å²) < 4.78 is 6.30. The largest absolute Gasteiger partial charge is 0.468 e. The van der Waals surface area contributed by atoms with Gasteiger partial charge in [0.15, 0.2) is 5.72 Å². The third kappa shape index (κ3) is 3.65. The maximum atomic E-state index is 13.4. The molecule has 8 nitrogen and oxygen atoms in total. The molecule has 1 aromatic carbocycles. The SMILES string of the molecule is CC12CC(c3ccccc3O1)C(C(N)=O)C(=O)N2CCSCc1nc2sc3c(c2c(=O)[nH]1)CCC3. The number of likely N-dealkylation sites (tertiary alicyclic amines) is 1. The van der Waals surface area contributed by atoms with E-state index in [1.165, 1.54) is 10.4 Å². The van der Waals surface area contributed by atoms with Crippen molar-refractivity contribution in [1.29, 1.82) is 0 Å². The third-order valence-corrected chi connectivity index (χ3v) is 9.52. The minimum atomic E-state index is -0.903. The molecule has 3 aromatic rings. The highest BCUT2D eigenvalue weighted by Crippen LogP contribution is 2.50. The van der Waals surface area contributed by atoms with Crippen LogP contribution in [0.1, 0.15) is 47.5 Å². The molecule has 10 heteroatoms. The predicted octanol–water partition coefficient (Wildman–Crippen LogP) is 2.93. The van der Waals surface area contributed by atoms with Gasteiger partial charge in [-0.3, -0.25) is 14.4 Å². The standard InChI is InChI=1S/C25H26N4O4S2/c1-25-11-15(13-5-2-3-7-16(13)33-25)19(21(26)30)24(32)29(25)9-10-34-12-18-27-22(31)20-14-6-4-8-17(14)35-23(20)28-18/h2-3,5,7,15,19H,4,6,8-12H2,1H3,(H2,26,30)(H,27,28,31). The molecule has 0 saturated carbocycles. The Labute approximate surface area is 210 Å². The molecule has 3 aliphatic rings. The van der Waals surface area contributed by atoms with E-state index in [-0.39, 0.29) is 17.4 Å². The Balaban J connectivity index is 1.18. The molecule has 3 atom stereocenters. The maximum Gasteiger partial charge on any atom is 0.259 e. The van der Waals surface area contributed by atoms with Crippen LogP contribution in [0.5, 0.6) is 5.75 Å². The number of nitrogens with two attached hydrogens (primary N) is 1. The topological polar surface area (TPSA) is 118 Å². The molecule has 3 unspecified atom stereocenters.